The molecule has 0 spiro atoms. The number of rotatable bonds is 5. The normalized spacial score (nSPS) is 10.5. The fraction of sp³-hybridized carbons (Fsp3) is 0.105. The van der Waals surface area contributed by atoms with Crippen LogP contribution in [0, 0.1) is 0 Å². The number of benzene rings is 2. The van der Waals surface area contributed by atoms with Crippen LogP contribution in [0.15, 0.2) is 59.0 Å². The molecule has 128 valence electrons. The number of hydrogen-bond acceptors (Lipinski definition) is 4. The van der Waals surface area contributed by atoms with Crippen molar-refractivity contribution < 1.29 is 19.1 Å². The van der Waals surface area contributed by atoms with Crippen LogP contribution in [0.3, 0.4) is 0 Å². The number of aliphatic hydroxyl groups is 1. The molecular formula is C19H16ClNO4. The van der Waals surface area contributed by atoms with Crippen molar-refractivity contribution in [3.05, 3.63) is 70.9 Å². The molecule has 0 radical (unpaired) electrons. The predicted octanol–water partition coefficient (Wildman–Crippen LogP) is 4.35. The fourth-order valence-electron chi connectivity index (χ4n) is 2.42. The zero-order valence-electron chi connectivity index (χ0n) is 13.5. The van der Waals surface area contributed by atoms with Crippen molar-refractivity contribution in [2.75, 3.05) is 12.4 Å². The second kappa shape index (κ2) is 7.42. The summed E-state index contributed by atoms with van der Waals surface area (Å²) < 4.78 is 10.9. The molecule has 2 aromatic carbocycles. The summed E-state index contributed by atoms with van der Waals surface area (Å²) in [7, 11) is 1.54. The molecule has 25 heavy (non-hydrogen) atoms. The smallest absolute Gasteiger partial charge is 0.257 e. The summed E-state index contributed by atoms with van der Waals surface area (Å²) in [6.07, 6.45) is 0. The lowest BCUT2D eigenvalue weighted by Gasteiger charge is -2.11. The van der Waals surface area contributed by atoms with Crippen molar-refractivity contribution in [1.82, 2.24) is 0 Å². The molecule has 0 unspecified atom stereocenters. The summed E-state index contributed by atoms with van der Waals surface area (Å²) in [6.45, 7) is -0.172. The number of nitrogens with one attached hydrogen (secondary N) is 1. The Labute approximate surface area is 149 Å². The van der Waals surface area contributed by atoms with Crippen LogP contribution in [0.4, 0.5) is 5.69 Å². The molecule has 6 heteroatoms. The molecule has 1 aromatic heterocycles. The number of halogens is 1. The van der Waals surface area contributed by atoms with Gasteiger partial charge in [-0.05, 0) is 36.4 Å². The molecule has 0 saturated heterocycles. The minimum Gasteiger partial charge on any atom is -0.496 e. The molecule has 1 heterocycles. The fourth-order valence-corrected chi connectivity index (χ4v) is 2.65. The number of ether oxygens (including phenoxy) is 1. The van der Waals surface area contributed by atoms with Crippen LogP contribution in [-0.2, 0) is 6.61 Å². The Hall–Kier alpha value is -2.76. The second-order valence-corrected chi connectivity index (χ2v) is 5.68. The third-order valence-corrected chi connectivity index (χ3v) is 3.99. The van der Waals surface area contributed by atoms with Gasteiger partial charge in [0.15, 0.2) is 0 Å². The maximum Gasteiger partial charge on any atom is 0.257 e. The summed E-state index contributed by atoms with van der Waals surface area (Å²) in [5, 5.41) is 12.3. The van der Waals surface area contributed by atoms with Crippen LogP contribution in [0.2, 0.25) is 5.02 Å². The van der Waals surface area contributed by atoms with Crippen LogP contribution in [0.1, 0.15) is 16.1 Å². The minimum atomic E-state index is -0.305. The highest BCUT2D eigenvalue weighted by molar-refractivity contribution is 6.34. The van der Waals surface area contributed by atoms with Gasteiger partial charge < -0.3 is 19.6 Å². The van der Waals surface area contributed by atoms with Gasteiger partial charge >= 0.3 is 0 Å². The van der Waals surface area contributed by atoms with E-state index >= 15 is 0 Å². The number of hydrogen-bond donors (Lipinski definition) is 2. The number of amides is 1. The molecule has 2 N–H and O–H groups in total. The third kappa shape index (κ3) is 3.68. The Morgan fingerprint density at radius 2 is 2.00 bits per heavy atom. The van der Waals surface area contributed by atoms with Gasteiger partial charge in [-0.2, -0.15) is 0 Å². The molecule has 5 nitrogen and oxygen atoms in total. The molecule has 0 atom stereocenters. The van der Waals surface area contributed by atoms with Gasteiger partial charge in [0.25, 0.3) is 5.91 Å². The molecule has 3 rings (SSSR count). The van der Waals surface area contributed by atoms with Gasteiger partial charge in [0, 0.05) is 11.8 Å². The first-order valence-electron chi connectivity index (χ1n) is 7.56. The van der Waals surface area contributed by atoms with E-state index in [9.17, 15) is 4.79 Å². The zero-order valence-corrected chi connectivity index (χ0v) is 14.2. The molecule has 3 aromatic rings. The van der Waals surface area contributed by atoms with Crippen molar-refractivity contribution >= 4 is 23.2 Å². The molecule has 0 fully saturated rings. The van der Waals surface area contributed by atoms with Crippen LogP contribution < -0.4 is 10.1 Å². The van der Waals surface area contributed by atoms with E-state index in [1.54, 1.807) is 54.6 Å². The maximum absolute atomic E-state index is 12.3. The summed E-state index contributed by atoms with van der Waals surface area (Å²) in [4.78, 5) is 12.3. The summed E-state index contributed by atoms with van der Waals surface area (Å²) in [5.74, 6) is 1.27. The summed E-state index contributed by atoms with van der Waals surface area (Å²) in [5.41, 5.74) is 1.68. The van der Waals surface area contributed by atoms with E-state index < -0.39 is 0 Å². The lowest BCUT2D eigenvalue weighted by Crippen LogP contribution is -2.12. The van der Waals surface area contributed by atoms with E-state index in [0.29, 0.717) is 33.5 Å². The van der Waals surface area contributed by atoms with Gasteiger partial charge in [-0.15, -0.1) is 0 Å². The Kier molecular flexibility index (Phi) is 5.07. The number of anilines is 1. The lowest BCUT2D eigenvalue weighted by molar-refractivity contribution is 0.102. The first-order chi connectivity index (χ1) is 12.1. The Morgan fingerprint density at radius 3 is 2.68 bits per heavy atom. The van der Waals surface area contributed by atoms with Gasteiger partial charge in [0.05, 0.1) is 23.3 Å². The average molecular weight is 358 g/mol. The monoisotopic (exact) mass is 357 g/mol. The highest BCUT2D eigenvalue weighted by atomic mass is 35.5. The quantitative estimate of drug-likeness (QED) is 0.712. The first kappa shape index (κ1) is 17.1. The molecule has 0 saturated carbocycles. The maximum atomic E-state index is 12.3. The van der Waals surface area contributed by atoms with Gasteiger partial charge in [0.2, 0.25) is 0 Å². The topological polar surface area (TPSA) is 71.7 Å². The highest BCUT2D eigenvalue weighted by Crippen LogP contribution is 2.34. The molecule has 0 aliphatic carbocycles. The van der Waals surface area contributed by atoms with Crippen molar-refractivity contribution in [2.24, 2.45) is 0 Å². The number of aliphatic hydroxyl groups excluding tert-OH is 1. The average Bonchev–Trinajstić information content (AvgIpc) is 3.11. The van der Waals surface area contributed by atoms with Crippen molar-refractivity contribution in [3.8, 4) is 17.1 Å². The van der Waals surface area contributed by atoms with Gasteiger partial charge in [-0.3, -0.25) is 4.79 Å². The standard InChI is InChI=1S/C19H16ClNO4/c1-24-18-10-12(21-19(23)14-4-2-3-5-16(14)20)6-8-15(18)17-9-7-13(11-22)25-17/h2-10,22H,11H2,1H3,(H,21,23). The third-order valence-electron chi connectivity index (χ3n) is 3.66. The number of furan rings is 1. The van der Waals surface area contributed by atoms with Crippen molar-refractivity contribution in [2.45, 2.75) is 6.61 Å². The molecule has 0 bridgehead atoms. The highest BCUT2D eigenvalue weighted by Gasteiger charge is 2.14. The SMILES string of the molecule is COc1cc(NC(=O)c2ccccc2Cl)ccc1-c1ccc(CO)o1. The zero-order chi connectivity index (χ0) is 17.8. The second-order valence-electron chi connectivity index (χ2n) is 5.27. The molecule has 1 amide bonds. The number of carbonyl (C=O) groups excluding carboxylic acids is 1. The lowest BCUT2D eigenvalue weighted by atomic mass is 10.1. The van der Waals surface area contributed by atoms with Crippen molar-refractivity contribution in [3.63, 3.8) is 0 Å². The summed E-state index contributed by atoms with van der Waals surface area (Å²) >= 11 is 6.05. The van der Waals surface area contributed by atoms with E-state index in [1.807, 2.05) is 0 Å². The Balaban J connectivity index is 1.86. The minimum absolute atomic E-state index is 0.172. The Morgan fingerprint density at radius 1 is 1.20 bits per heavy atom. The first-order valence-corrected chi connectivity index (χ1v) is 7.94. The van der Waals surface area contributed by atoms with Gasteiger partial charge in [-0.1, -0.05) is 23.7 Å². The van der Waals surface area contributed by atoms with Crippen molar-refractivity contribution in [1.29, 1.82) is 0 Å². The van der Waals surface area contributed by atoms with E-state index in [0.717, 1.165) is 5.56 Å². The summed E-state index contributed by atoms with van der Waals surface area (Å²) in [6, 6.07) is 15.5. The largest absolute Gasteiger partial charge is 0.496 e. The Bertz CT molecular complexity index is 904. The van der Waals surface area contributed by atoms with Crippen LogP contribution >= 0.6 is 11.6 Å². The van der Waals surface area contributed by atoms with E-state index in [4.69, 9.17) is 25.9 Å². The molecule has 0 aliphatic rings. The molecular weight excluding hydrogens is 342 g/mol. The van der Waals surface area contributed by atoms with Gasteiger partial charge in [-0.25, -0.2) is 0 Å². The number of carbonyl (C=O) groups is 1. The van der Waals surface area contributed by atoms with Crippen LogP contribution in [0.5, 0.6) is 5.75 Å². The van der Waals surface area contributed by atoms with Gasteiger partial charge in [0.1, 0.15) is 23.9 Å². The van der Waals surface area contributed by atoms with E-state index in [1.165, 1.54) is 7.11 Å². The number of methoxy groups -OCH3 is 1. The predicted molar refractivity (Wildman–Crippen MR) is 96.0 cm³/mol. The molecule has 0 aliphatic heterocycles. The van der Waals surface area contributed by atoms with Crippen LogP contribution in [-0.4, -0.2) is 18.1 Å². The van der Waals surface area contributed by atoms with Crippen LogP contribution in [0.25, 0.3) is 11.3 Å². The van der Waals surface area contributed by atoms with E-state index in [-0.39, 0.29) is 12.5 Å². The van der Waals surface area contributed by atoms with E-state index in [2.05, 4.69) is 5.32 Å².